The van der Waals surface area contributed by atoms with Gasteiger partial charge in [-0.25, -0.2) is 14.4 Å². The number of benzene rings is 1. The molecule has 0 bridgehead atoms. The molecule has 0 atom stereocenters. The van der Waals surface area contributed by atoms with Gasteiger partial charge < -0.3 is 0 Å². The minimum atomic E-state index is -0.286. The Bertz CT molecular complexity index is 767. The highest BCUT2D eigenvalue weighted by Gasteiger charge is 2.15. The SMILES string of the molecule is Cc1ccc(-n2c(CCCl)nc3cccnc32)c(F)c1. The quantitative estimate of drug-likeness (QED) is 0.689. The first-order valence-electron chi connectivity index (χ1n) is 6.35. The molecule has 3 rings (SSSR count). The highest BCUT2D eigenvalue weighted by Crippen LogP contribution is 2.23. The van der Waals surface area contributed by atoms with Crippen LogP contribution < -0.4 is 0 Å². The normalized spacial score (nSPS) is 11.2. The smallest absolute Gasteiger partial charge is 0.164 e. The van der Waals surface area contributed by atoms with Gasteiger partial charge in [-0.05, 0) is 36.8 Å². The third kappa shape index (κ3) is 2.16. The van der Waals surface area contributed by atoms with Gasteiger partial charge in [0.15, 0.2) is 5.65 Å². The van der Waals surface area contributed by atoms with Crippen molar-refractivity contribution in [1.82, 2.24) is 14.5 Å². The first-order valence-corrected chi connectivity index (χ1v) is 6.89. The molecule has 0 unspecified atom stereocenters. The Morgan fingerprint density at radius 1 is 1.30 bits per heavy atom. The van der Waals surface area contributed by atoms with Crippen LogP contribution in [0.5, 0.6) is 0 Å². The second kappa shape index (κ2) is 5.21. The van der Waals surface area contributed by atoms with Gasteiger partial charge >= 0.3 is 0 Å². The lowest BCUT2D eigenvalue weighted by molar-refractivity contribution is 0.615. The van der Waals surface area contributed by atoms with Crippen LogP contribution in [0.4, 0.5) is 4.39 Å². The van der Waals surface area contributed by atoms with Crippen LogP contribution in [0, 0.1) is 12.7 Å². The zero-order valence-corrected chi connectivity index (χ0v) is 11.7. The van der Waals surface area contributed by atoms with Gasteiger partial charge in [-0.15, -0.1) is 11.6 Å². The van der Waals surface area contributed by atoms with Gasteiger partial charge in [0.1, 0.15) is 17.2 Å². The number of rotatable bonds is 3. The van der Waals surface area contributed by atoms with Crippen molar-refractivity contribution in [3.63, 3.8) is 0 Å². The second-order valence-electron chi connectivity index (χ2n) is 4.60. The third-order valence-corrected chi connectivity index (χ3v) is 3.34. The van der Waals surface area contributed by atoms with E-state index in [-0.39, 0.29) is 5.82 Å². The predicted octanol–water partition coefficient (Wildman–Crippen LogP) is 3.65. The highest BCUT2D eigenvalue weighted by molar-refractivity contribution is 6.17. The van der Waals surface area contributed by atoms with Crippen molar-refractivity contribution in [3.8, 4) is 5.69 Å². The molecule has 0 amide bonds. The van der Waals surface area contributed by atoms with E-state index < -0.39 is 0 Å². The lowest BCUT2D eigenvalue weighted by atomic mass is 10.2. The largest absolute Gasteiger partial charge is 0.278 e. The van der Waals surface area contributed by atoms with E-state index in [4.69, 9.17) is 11.6 Å². The lowest BCUT2D eigenvalue weighted by Gasteiger charge is -2.09. The molecule has 0 fully saturated rings. The zero-order chi connectivity index (χ0) is 14.1. The van der Waals surface area contributed by atoms with E-state index in [0.29, 0.717) is 23.6 Å². The fraction of sp³-hybridized carbons (Fsp3) is 0.200. The van der Waals surface area contributed by atoms with Crippen molar-refractivity contribution < 1.29 is 4.39 Å². The summed E-state index contributed by atoms with van der Waals surface area (Å²) in [5, 5.41) is 0. The van der Waals surface area contributed by atoms with Crippen molar-refractivity contribution in [2.45, 2.75) is 13.3 Å². The van der Waals surface area contributed by atoms with Gasteiger partial charge in [-0.1, -0.05) is 6.07 Å². The summed E-state index contributed by atoms with van der Waals surface area (Å²) in [6.07, 6.45) is 2.24. The van der Waals surface area contributed by atoms with Crippen molar-refractivity contribution >= 4 is 22.8 Å². The molecule has 0 spiro atoms. The van der Waals surface area contributed by atoms with Crippen molar-refractivity contribution in [3.05, 3.63) is 53.7 Å². The van der Waals surface area contributed by atoms with Gasteiger partial charge in [0.2, 0.25) is 0 Å². The average molecular weight is 290 g/mol. The van der Waals surface area contributed by atoms with Crippen LogP contribution in [0.2, 0.25) is 0 Å². The number of hydrogen-bond acceptors (Lipinski definition) is 2. The summed E-state index contributed by atoms with van der Waals surface area (Å²) >= 11 is 5.82. The first kappa shape index (κ1) is 13.1. The van der Waals surface area contributed by atoms with Crippen LogP contribution in [-0.4, -0.2) is 20.4 Å². The fourth-order valence-corrected chi connectivity index (χ4v) is 2.43. The number of pyridine rings is 1. The van der Waals surface area contributed by atoms with E-state index in [9.17, 15) is 4.39 Å². The van der Waals surface area contributed by atoms with Gasteiger partial charge in [0, 0.05) is 18.5 Å². The number of fused-ring (bicyclic) bond motifs is 1. The van der Waals surface area contributed by atoms with Gasteiger partial charge in [-0.2, -0.15) is 0 Å². The van der Waals surface area contributed by atoms with Crippen LogP contribution in [0.15, 0.2) is 36.5 Å². The maximum atomic E-state index is 14.3. The van der Waals surface area contributed by atoms with Crippen LogP contribution >= 0.6 is 11.6 Å². The third-order valence-electron chi connectivity index (χ3n) is 3.15. The maximum Gasteiger partial charge on any atom is 0.164 e. The molecule has 3 aromatic rings. The van der Waals surface area contributed by atoms with Crippen LogP contribution in [-0.2, 0) is 6.42 Å². The summed E-state index contributed by atoms with van der Waals surface area (Å²) in [4.78, 5) is 8.81. The van der Waals surface area contributed by atoms with E-state index in [2.05, 4.69) is 9.97 Å². The van der Waals surface area contributed by atoms with Crippen molar-refractivity contribution in [1.29, 1.82) is 0 Å². The molecule has 1 aromatic carbocycles. The molecule has 2 aromatic heterocycles. The summed E-state index contributed by atoms with van der Waals surface area (Å²) in [6, 6.07) is 8.81. The molecule has 0 saturated carbocycles. The molecule has 0 aliphatic heterocycles. The number of aryl methyl sites for hydroxylation is 2. The number of hydrogen-bond donors (Lipinski definition) is 0. The monoisotopic (exact) mass is 289 g/mol. The minimum absolute atomic E-state index is 0.286. The molecule has 20 heavy (non-hydrogen) atoms. The zero-order valence-electron chi connectivity index (χ0n) is 11.0. The summed E-state index contributed by atoms with van der Waals surface area (Å²) < 4.78 is 16.0. The summed E-state index contributed by atoms with van der Waals surface area (Å²) in [7, 11) is 0. The number of halogens is 2. The molecule has 3 nitrogen and oxygen atoms in total. The van der Waals surface area contributed by atoms with Gasteiger partial charge in [0.05, 0.1) is 5.69 Å². The molecular weight excluding hydrogens is 277 g/mol. The Kier molecular flexibility index (Phi) is 3.40. The standard InChI is InChI=1S/C15H13ClFN3/c1-10-4-5-13(11(17)9-10)20-14(6-7-16)19-12-3-2-8-18-15(12)20/h2-5,8-9H,6-7H2,1H3. The van der Waals surface area contributed by atoms with Crippen LogP contribution in [0.25, 0.3) is 16.9 Å². The summed E-state index contributed by atoms with van der Waals surface area (Å²) in [6.45, 7) is 1.86. The average Bonchev–Trinajstić information content (AvgIpc) is 2.78. The first-order chi connectivity index (χ1) is 9.70. The maximum absolute atomic E-state index is 14.3. The Morgan fingerprint density at radius 3 is 2.90 bits per heavy atom. The lowest BCUT2D eigenvalue weighted by Crippen LogP contribution is -2.05. The molecule has 0 saturated heterocycles. The number of alkyl halides is 1. The second-order valence-corrected chi connectivity index (χ2v) is 4.98. The molecule has 0 N–H and O–H groups in total. The summed E-state index contributed by atoms with van der Waals surface area (Å²) in [5.41, 5.74) is 2.72. The fourth-order valence-electron chi connectivity index (χ4n) is 2.26. The van der Waals surface area contributed by atoms with E-state index >= 15 is 0 Å². The van der Waals surface area contributed by atoms with E-state index in [1.165, 1.54) is 6.07 Å². The van der Waals surface area contributed by atoms with E-state index in [1.807, 2.05) is 25.1 Å². The number of nitrogens with zero attached hydrogens (tertiary/aromatic N) is 3. The molecule has 0 aliphatic rings. The van der Waals surface area contributed by atoms with E-state index in [1.54, 1.807) is 16.8 Å². The van der Waals surface area contributed by atoms with Crippen LogP contribution in [0.1, 0.15) is 11.4 Å². The minimum Gasteiger partial charge on any atom is -0.278 e. The Balaban J connectivity index is 2.30. The molecule has 5 heteroatoms. The molecule has 0 radical (unpaired) electrons. The Labute approximate surface area is 121 Å². The Morgan fingerprint density at radius 2 is 2.15 bits per heavy atom. The van der Waals surface area contributed by atoms with Crippen molar-refractivity contribution in [2.24, 2.45) is 0 Å². The predicted molar refractivity (Wildman–Crippen MR) is 78.0 cm³/mol. The topological polar surface area (TPSA) is 30.7 Å². The van der Waals surface area contributed by atoms with Crippen molar-refractivity contribution in [2.75, 3.05) is 5.88 Å². The molecule has 102 valence electrons. The highest BCUT2D eigenvalue weighted by atomic mass is 35.5. The molecular formula is C15H13ClFN3. The summed E-state index contributed by atoms with van der Waals surface area (Å²) in [5.74, 6) is 0.860. The Hall–Kier alpha value is -1.94. The van der Waals surface area contributed by atoms with Gasteiger partial charge in [0.25, 0.3) is 0 Å². The number of aromatic nitrogens is 3. The molecule has 2 heterocycles. The number of imidazole rings is 1. The van der Waals surface area contributed by atoms with E-state index in [0.717, 1.165) is 16.9 Å². The van der Waals surface area contributed by atoms with Crippen LogP contribution in [0.3, 0.4) is 0 Å². The van der Waals surface area contributed by atoms with Gasteiger partial charge in [-0.3, -0.25) is 4.57 Å². The molecule has 0 aliphatic carbocycles.